The number of carbonyl (C=O) groups excluding carboxylic acids is 1. The number of carbonyl (C=O) groups is 1. The van der Waals surface area contributed by atoms with Crippen LogP contribution in [0.3, 0.4) is 0 Å². The van der Waals surface area contributed by atoms with Crippen molar-refractivity contribution in [3.63, 3.8) is 0 Å². The summed E-state index contributed by atoms with van der Waals surface area (Å²) in [6.07, 6.45) is 0.820. The van der Waals surface area contributed by atoms with E-state index in [4.69, 9.17) is 11.6 Å². The fourth-order valence-electron chi connectivity index (χ4n) is 1.93. The SMILES string of the molecule is Cl.O=C(NC1CCNC1)c1cccc(Cl)c1[N+](=O)[O-]. The van der Waals surface area contributed by atoms with E-state index < -0.39 is 10.8 Å². The van der Waals surface area contributed by atoms with E-state index in [1.165, 1.54) is 18.2 Å². The van der Waals surface area contributed by atoms with E-state index in [2.05, 4.69) is 10.6 Å². The van der Waals surface area contributed by atoms with Gasteiger partial charge in [0.25, 0.3) is 5.91 Å². The van der Waals surface area contributed by atoms with Gasteiger partial charge >= 0.3 is 5.69 Å². The van der Waals surface area contributed by atoms with E-state index in [1.807, 2.05) is 0 Å². The van der Waals surface area contributed by atoms with Gasteiger partial charge in [-0.1, -0.05) is 17.7 Å². The number of nitrogens with one attached hydrogen (secondary N) is 2. The number of nitro groups is 1. The Bertz CT molecular complexity index is 490. The van der Waals surface area contributed by atoms with Crippen molar-refractivity contribution >= 4 is 35.6 Å². The van der Waals surface area contributed by atoms with Gasteiger partial charge in [-0.2, -0.15) is 0 Å². The van der Waals surface area contributed by atoms with Crippen LogP contribution in [0, 0.1) is 10.1 Å². The Morgan fingerprint density at radius 2 is 2.26 bits per heavy atom. The third-order valence-corrected chi connectivity index (χ3v) is 3.11. The standard InChI is InChI=1S/C11H12ClN3O3.ClH/c12-9-3-1-2-8(10(9)15(17)18)11(16)14-7-4-5-13-6-7;/h1-3,7,13H,4-6H2,(H,14,16);1H. The normalized spacial score (nSPS) is 17.6. The fourth-order valence-corrected chi connectivity index (χ4v) is 2.17. The van der Waals surface area contributed by atoms with Gasteiger partial charge in [0, 0.05) is 12.6 Å². The zero-order chi connectivity index (χ0) is 13.1. The number of para-hydroxylation sites is 1. The minimum atomic E-state index is -0.635. The van der Waals surface area contributed by atoms with E-state index in [-0.39, 0.29) is 34.7 Å². The zero-order valence-electron chi connectivity index (χ0n) is 9.89. The molecule has 1 aromatic rings. The van der Waals surface area contributed by atoms with Gasteiger partial charge < -0.3 is 10.6 Å². The number of halogens is 2. The Morgan fingerprint density at radius 3 is 2.84 bits per heavy atom. The number of amides is 1. The molecule has 1 heterocycles. The van der Waals surface area contributed by atoms with Crippen molar-refractivity contribution in [2.75, 3.05) is 13.1 Å². The number of hydrogen-bond donors (Lipinski definition) is 2. The molecular formula is C11H13Cl2N3O3. The second kappa shape index (κ2) is 6.70. The molecule has 0 saturated carbocycles. The molecule has 1 saturated heterocycles. The smallest absolute Gasteiger partial charge is 0.300 e. The van der Waals surface area contributed by atoms with Crippen molar-refractivity contribution in [3.8, 4) is 0 Å². The second-order valence-electron chi connectivity index (χ2n) is 4.06. The topological polar surface area (TPSA) is 84.3 Å². The number of nitrogens with zero attached hydrogens (tertiary/aromatic N) is 1. The molecule has 0 bridgehead atoms. The molecule has 1 aliphatic heterocycles. The first-order valence-electron chi connectivity index (χ1n) is 5.54. The Hall–Kier alpha value is -1.37. The number of benzene rings is 1. The summed E-state index contributed by atoms with van der Waals surface area (Å²) in [5, 5.41) is 16.7. The van der Waals surface area contributed by atoms with Crippen LogP contribution in [0.1, 0.15) is 16.8 Å². The van der Waals surface area contributed by atoms with Crippen LogP contribution in [0.5, 0.6) is 0 Å². The first-order chi connectivity index (χ1) is 8.59. The highest BCUT2D eigenvalue weighted by atomic mass is 35.5. The molecule has 2 rings (SSSR count). The molecule has 0 aliphatic carbocycles. The van der Waals surface area contributed by atoms with Crippen LogP contribution in [-0.2, 0) is 0 Å². The average molecular weight is 306 g/mol. The lowest BCUT2D eigenvalue weighted by Crippen LogP contribution is -2.36. The van der Waals surface area contributed by atoms with Gasteiger partial charge in [0.2, 0.25) is 0 Å². The molecule has 1 amide bonds. The van der Waals surface area contributed by atoms with Crippen molar-refractivity contribution in [1.82, 2.24) is 10.6 Å². The maximum atomic E-state index is 12.0. The first kappa shape index (κ1) is 15.7. The molecule has 0 radical (unpaired) electrons. The lowest BCUT2D eigenvalue weighted by molar-refractivity contribution is -0.385. The lowest BCUT2D eigenvalue weighted by Gasteiger charge is -2.11. The lowest BCUT2D eigenvalue weighted by atomic mass is 10.1. The number of rotatable bonds is 3. The molecule has 104 valence electrons. The molecule has 1 aliphatic rings. The average Bonchev–Trinajstić information content (AvgIpc) is 2.80. The molecule has 19 heavy (non-hydrogen) atoms. The van der Waals surface area contributed by atoms with Crippen LogP contribution in [0.25, 0.3) is 0 Å². The van der Waals surface area contributed by atoms with Gasteiger partial charge in [0.05, 0.1) is 4.92 Å². The van der Waals surface area contributed by atoms with E-state index in [1.54, 1.807) is 0 Å². The Balaban J connectivity index is 0.00000180. The monoisotopic (exact) mass is 305 g/mol. The van der Waals surface area contributed by atoms with Crippen LogP contribution in [0.4, 0.5) is 5.69 Å². The molecule has 1 unspecified atom stereocenters. The largest absolute Gasteiger partial charge is 0.348 e. The second-order valence-corrected chi connectivity index (χ2v) is 4.46. The summed E-state index contributed by atoms with van der Waals surface area (Å²) in [6.45, 7) is 1.52. The van der Waals surface area contributed by atoms with Crippen LogP contribution in [-0.4, -0.2) is 30.0 Å². The Kier molecular flexibility index (Phi) is 5.53. The predicted octanol–water partition coefficient (Wildman–Crippen LogP) is 1.76. The Morgan fingerprint density at radius 1 is 1.53 bits per heavy atom. The maximum Gasteiger partial charge on any atom is 0.300 e. The van der Waals surface area contributed by atoms with Gasteiger partial charge in [-0.3, -0.25) is 14.9 Å². The number of hydrogen-bond acceptors (Lipinski definition) is 4. The van der Waals surface area contributed by atoms with Crippen LogP contribution < -0.4 is 10.6 Å². The summed E-state index contributed by atoms with van der Waals surface area (Å²) in [6, 6.07) is 4.34. The summed E-state index contributed by atoms with van der Waals surface area (Å²) in [5.41, 5.74) is -0.345. The van der Waals surface area contributed by atoms with Gasteiger partial charge in [-0.25, -0.2) is 0 Å². The van der Waals surface area contributed by atoms with Crippen molar-refractivity contribution in [2.24, 2.45) is 0 Å². The molecule has 6 nitrogen and oxygen atoms in total. The molecule has 1 fully saturated rings. The van der Waals surface area contributed by atoms with Gasteiger partial charge in [0.1, 0.15) is 10.6 Å². The minimum Gasteiger partial charge on any atom is -0.348 e. The first-order valence-corrected chi connectivity index (χ1v) is 5.92. The van der Waals surface area contributed by atoms with E-state index in [0.29, 0.717) is 6.54 Å². The molecule has 8 heteroatoms. The van der Waals surface area contributed by atoms with Gasteiger partial charge in [-0.05, 0) is 25.1 Å². The third kappa shape index (κ3) is 3.56. The maximum absolute atomic E-state index is 12.0. The molecule has 1 atom stereocenters. The molecule has 0 spiro atoms. The highest BCUT2D eigenvalue weighted by Gasteiger charge is 2.25. The fraction of sp³-hybridized carbons (Fsp3) is 0.364. The van der Waals surface area contributed by atoms with E-state index in [9.17, 15) is 14.9 Å². The van der Waals surface area contributed by atoms with Crippen molar-refractivity contribution in [2.45, 2.75) is 12.5 Å². The highest BCUT2D eigenvalue weighted by molar-refractivity contribution is 6.33. The molecule has 2 N–H and O–H groups in total. The zero-order valence-corrected chi connectivity index (χ0v) is 11.5. The van der Waals surface area contributed by atoms with Crippen LogP contribution in [0.2, 0.25) is 5.02 Å². The van der Waals surface area contributed by atoms with E-state index in [0.717, 1.165) is 13.0 Å². The van der Waals surface area contributed by atoms with E-state index >= 15 is 0 Å². The molecule has 1 aromatic carbocycles. The van der Waals surface area contributed by atoms with Crippen LogP contribution >= 0.6 is 24.0 Å². The summed E-state index contributed by atoms with van der Waals surface area (Å²) in [4.78, 5) is 22.3. The molecule has 0 aromatic heterocycles. The van der Waals surface area contributed by atoms with Crippen LogP contribution in [0.15, 0.2) is 18.2 Å². The van der Waals surface area contributed by atoms with Crippen molar-refractivity contribution < 1.29 is 9.72 Å². The van der Waals surface area contributed by atoms with Crippen molar-refractivity contribution in [3.05, 3.63) is 38.9 Å². The summed E-state index contributed by atoms with van der Waals surface area (Å²) in [7, 11) is 0. The minimum absolute atomic E-state index is 0. The van der Waals surface area contributed by atoms with Gasteiger partial charge in [-0.15, -0.1) is 12.4 Å². The Labute approximate surface area is 121 Å². The molecular weight excluding hydrogens is 293 g/mol. The predicted molar refractivity (Wildman–Crippen MR) is 74.1 cm³/mol. The summed E-state index contributed by atoms with van der Waals surface area (Å²) >= 11 is 5.75. The van der Waals surface area contributed by atoms with Crippen molar-refractivity contribution in [1.29, 1.82) is 0 Å². The highest BCUT2D eigenvalue weighted by Crippen LogP contribution is 2.28. The van der Waals surface area contributed by atoms with Gasteiger partial charge in [0.15, 0.2) is 0 Å². The summed E-state index contributed by atoms with van der Waals surface area (Å²) in [5.74, 6) is -0.460. The third-order valence-electron chi connectivity index (χ3n) is 2.81. The summed E-state index contributed by atoms with van der Waals surface area (Å²) < 4.78 is 0. The quantitative estimate of drug-likeness (QED) is 0.658. The number of nitro benzene ring substituents is 1.